The third-order valence-electron chi connectivity index (χ3n) is 2.97. The van der Waals surface area contributed by atoms with Crippen LogP contribution >= 0.6 is 0 Å². The van der Waals surface area contributed by atoms with Crippen LogP contribution in [0.4, 0.5) is 11.5 Å². The lowest BCUT2D eigenvalue weighted by molar-refractivity contribution is 0.802. The Balaban J connectivity index is 2.30. The van der Waals surface area contributed by atoms with Crippen molar-refractivity contribution in [1.82, 2.24) is 9.97 Å². The number of H-pyrrole nitrogens is 1. The zero-order valence-corrected chi connectivity index (χ0v) is 11.2. The topological polar surface area (TPSA) is 75.0 Å². The SMILES string of the molecule is CCN(Cc1ccccc1N)c1cc(=O)[nH]c(C)n1. The normalized spacial score (nSPS) is 10.4. The van der Waals surface area contributed by atoms with Crippen LogP contribution in [0.2, 0.25) is 0 Å². The molecule has 2 aromatic rings. The van der Waals surface area contributed by atoms with E-state index < -0.39 is 0 Å². The highest BCUT2D eigenvalue weighted by Crippen LogP contribution is 2.17. The fourth-order valence-corrected chi connectivity index (χ4v) is 1.96. The molecule has 0 fully saturated rings. The number of nitrogens with one attached hydrogen (secondary N) is 1. The fraction of sp³-hybridized carbons (Fsp3) is 0.286. The highest BCUT2D eigenvalue weighted by Gasteiger charge is 2.09. The van der Waals surface area contributed by atoms with Gasteiger partial charge >= 0.3 is 0 Å². The van der Waals surface area contributed by atoms with Crippen LogP contribution < -0.4 is 16.2 Å². The molecule has 0 unspecified atom stereocenters. The van der Waals surface area contributed by atoms with Crippen molar-refractivity contribution in [1.29, 1.82) is 0 Å². The minimum Gasteiger partial charge on any atom is -0.398 e. The quantitative estimate of drug-likeness (QED) is 0.818. The molecule has 1 aromatic carbocycles. The van der Waals surface area contributed by atoms with Gasteiger partial charge in [0, 0.05) is 24.8 Å². The zero-order valence-electron chi connectivity index (χ0n) is 11.2. The molecule has 5 nitrogen and oxygen atoms in total. The molecule has 0 saturated carbocycles. The smallest absolute Gasteiger partial charge is 0.252 e. The Kier molecular flexibility index (Phi) is 3.85. The van der Waals surface area contributed by atoms with Crippen molar-refractivity contribution in [3.8, 4) is 0 Å². The van der Waals surface area contributed by atoms with Crippen molar-refractivity contribution < 1.29 is 0 Å². The van der Waals surface area contributed by atoms with Crippen molar-refractivity contribution in [3.05, 3.63) is 52.1 Å². The number of para-hydroxylation sites is 1. The molecule has 100 valence electrons. The van der Waals surface area contributed by atoms with Crippen molar-refractivity contribution in [2.75, 3.05) is 17.2 Å². The Morgan fingerprint density at radius 1 is 1.37 bits per heavy atom. The number of hydrogen-bond acceptors (Lipinski definition) is 4. The van der Waals surface area contributed by atoms with Crippen LogP contribution in [0.25, 0.3) is 0 Å². The maximum absolute atomic E-state index is 11.5. The standard InChI is InChI=1S/C14H18N4O/c1-3-18(9-11-6-4-5-7-12(11)15)13-8-14(19)17-10(2)16-13/h4-8H,3,9,15H2,1-2H3,(H,16,17,19). The molecule has 1 aromatic heterocycles. The second kappa shape index (κ2) is 5.56. The van der Waals surface area contributed by atoms with E-state index in [0.717, 1.165) is 17.8 Å². The Labute approximate surface area is 112 Å². The van der Waals surface area contributed by atoms with Crippen LogP contribution in [0, 0.1) is 6.92 Å². The summed E-state index contributed by atoms with van der Waals surface area (Å²) in [6.07, 6.45) is 0. The Hall–Kier alpha value is -2.30. The van der Waals surface area contributed by atoms with E-state index in [9.17, 15) is 4.79 Å². The van der Waals surface area contributed by atoms with Gasteiger partial charge in [-0.2, -0.15) is 0 Å². The number of aromatic nitrogens is 2. The van der Waals surface area contributed by atoms with Gasteiger partial charge < -0.3 is 15.6 Å². The number of nitrogens with two attached hydrogens (primary N) is 1. The lowest BCUT2D eigenvalue weighted by Gasteiger charge is -2.22. The van der Waals surface area contributed by atoms with Crippen LogP contribution in [-0.2, 0) is 6.54 Å². The number of nitrogens with zero attached hydrogens (tertiary/aromatic N) is 2. The number of hydrogen-bond donors (Lipinski definition) is 2. The molecule has 0 saturated heterocycles. The van der Waals surface area contributed by atoms with E-state index >= 15 is 0 Å². The third-order valence-corrected chi connectivity index (χ3v) is 2.97. The first-order chi connectivity index (χ1) is 9.10. The number of rotatable bonds is 4. The third kappa shape index (κ3) is 3.13. The van der Waals surface area contributed by atoms with Gasteiger partial charge in [-0.05, 0) is 25.5 Å². The summed E-state index contributed by atoms with van der Waals surface area (Å²) in [7, 11) is 0. The first-order valence-electron chi connectivity index (χ1n) is 6.26. The van der Waals surface area contributed by atoms with Gasteiger partial charge in [-0.3, -0.25) is 4.79 Å². The van der Waals surface area contributed by atoms with Gasteiger partial charge in [0.05, 0.1) is 0 Å². The number of aromatic amines is 1. The van der Waals surface area contributed by atoms with E-state index in [1.54, 1.807) is 6.92 Å². The first-order valence-corrected chi connectivity index (χ1v) is 6.26. The molecule has 0 atom stereocenters. The van der Waals surface area contributed by atoms with Crippen LogP contribution in [0.15, 0.2) is 35.1 Å². The van der Waals surface area contributed by atoms with Gasteiger partial charge in [-0.15, -0.1) is 0 Å². The maximum atomic E-state index is 11.5. The second-order valence-corrected chi connectivity index (χ2v) is 4.40. The summed E-state index contributed by atoms with van der Waals surface area (Å²) in [6, 6.07) is 9.23. The predicted octanol–water partition coefficient (Wildman–Crippen LogP) is 1.69. The van der Waals surface area contributed by atoms with Gasteiger partial charge in [-0.1, -0.05) is 18.2 Å². The highest BCUT2D eigenvalue weighted by atomic mass is 16.1. The number of aryl methyl sites for hydroxylation is 1. The Morgan fingerprint density at radius 3 is 2.74 bits per heavy atom. The van der Waals surface area contributed by atoms with E-state index in [2.05, 4.69) is 9.97 Å². The molecule has 19 heavy (non-hydrogen) atoms. The van der Waals surface area contributed by atoms with E-state index in [4.69, 9.17) is 5.73 Å². The summed E-state index contributed by atoms with van der Waals surface area (Å²) in [5.41, 5.74) is 7.59. The van der Waals surface area contributed by atoms with E-state index in [-0.39, 0.29) is 5.56 Å². The van der Waals surface area contributed by atoms with Crippen molar-refractivity contribution in [2.45, 2.75) is 20.4 Å². The van der Waals surface area contributed by atoms with E-state index in [1.807, 2.05) is 36.1 Å². The molecular weight excluding hydrogens is 240 g/mol. The van der Waals surface area contributed by atoms with Crippen LogP contribution in [0.5, 0.6) is 0 Å². The average Bonchev–Trinajstić information content (AvgIpc) is 2.36. The summed E-state index contributed by atoms with van der Waals surface area (Å²) in [5, 5.41) is 0. The van der Waals surface area contributed by atoms with Gasteiger partial charge in [0.1, 0.15) is 11.6 Å². The van der Waals surface area contributed by atoms with Crippen molar-refractivity contribution in [2.24, 2.45) is 0 Å². The summed E-state index contributed by atoms with van der Waals surface area (Å²) < 4.78 is 0. The molecule has 0 aliphatic heterocycles. The summed E-state index contributed by atoms with van der Waals surface area (Å²) in [5.74, 6) is 1.29. The van der Waals surface area contributed by atoms with Gasteiger partial charge in [0.15, 0.2) is 0 Å². The first kappa shape index (κ1) is 13.1. The molecule has 2 rings (SSSR count). The van der Waals surface area contributed by atoms with Crippen LogP contribution in [-0.4, -0.2) is 16.5 Å². The summed E-state index contributed by atoms with van der Waals surface area (Å²) >= 11 is 0. The maximum Gasteiger partial charge on any atom is 0.252 e. The van der Waals surface area contributed by atoms with Gasteiger partial charge in [0.2, 0.25) is 0 Å². The molecule has 3 N–H and O–H groups in total. The molecule has 0 aliphatic carbocycles. The second-order valence-electron chi connectivity index (χ2n) is 4.40. The zero-order chi connectivity index (χ0) is 13.8. The monoisotopic (exact) mass is 258 g/mol. The van der Waals surface area contributed by atoms with Crippen LogP contribution in [0.1, 0.15) is 18.3 Å². The number of benzene rings is 1. The number of anilines is 2. The fourth-order valence-electron chi connectivity index (χ4n) is 1.96. The van der Waals surface area contributed by atoms with Crippen molar-refractivity contribution in [3.63, 3.8) is 0 Å². The van der Waals surface area contributed by atoms with E-state index in [0.29, 0.717) is 18.2 Å². The Morgan fingerprint density at radius 2 is 2.11 bits per heavy atom. The van der Waals surface area contributed by atoms with Crippen molar-refractivity contribution >= 4 is 11.5 Å². The van der Waals surface area contributed by atoms with Crippen LogP contribution in [0.3, 0.4) is 0 Å². The molecule has 5 heteroatoms. The molecule has 1 heterocycles. The predicted molar refractivity (Wildman–Crippen MR) is 77.2 cm³/mol. The lowest BCUT2D eigenvalue weighted by atomic mass is 10.1. The van der Waals surface area contributed by atoms with E-state index in [1.165, 1.54) is 6.07 Å². The molecule has 0 amide bonds. The minimum atomic E-state index is -0.137. The number of nitrogen functional groups attached to an aromatic ring is 1. The average molecular weight is 258 g/mol. The summed E-state index contributed by atoms with van der Waals surface area (Å²) in [6.45, 7) is 5.19. The summed E-state index contributed by atoms with van der Waals surface area (Å²) in [4.78, 5) is 20.5. The molecule has 0 bridgehead atoms. The Bertz CT molecular complexity index is 621. The highest BCUT2D eigenvalue weighted by molar-refractivity contribution is 5.49. The lowest BCUT2D eigenvalue weighted by Crippen LogP contribution is -2.26. The largest absolute Gasteiger partial charge is 0.398 e. The molecular formula is C14H18N4O. The minimum absolute atomic E-state index is 0.137. The molecule has 0 aliphatic rings. The molecule has 0 radical (unpaired) electrons. The molecule has 0 spiro atoms. The van der Waals surface area contributed by atoms with Gasteiger partial charge in [-0.25, -0.2) is 4.98 Å². The van der Waals surface area contributed by atoms with Gasteiger partial charge in [0.25, 0.3) is 5.56 Å².